The van der Waals surface area contributed by atoms with Crippen LogP contribution in [0.3, 0.4) is 0 Å². The van der Waals surface area contributed by atoms with Crippen LogP contribution < -0.4 is 0 Å². The molecule has 0 bridgehead atoms. The van der Waals surface area contributed by atoms with Crippen LogP contribution in [0.1, 0.15) is 25.7 Å². The number of rotatable bonds is 1. The minimum Gasteiger partial charge on any atom is -0.348 e. The number of ether oxygens (including phenoxy) is 2. The van der Waals surface area contributed by atoms with E-state index in [1.54, 1.807) is 0 Å². The van der Waals surface area contributed by atoms with Crippen molar-refractivity contribution < 1.29 is 13.9 Å². The van der Waals surface area contributed by atoms with Crippen LogP contribution >= 0.6 is 15.9 Å². The first-order valence-corrected chi connectivity index (χ1v) is 5.83. The molecule has 1 spiro atoms. The van der Waals surface area contributed by atoms with Gasteiger partial charge in [0.25, 0.3) is 0 Å². The van der Waals surface area contributed by atoms with E-state index in [0.717, 1.165) is 0 Å². The van der Waals surface area contributed by atoms with Crippen molar-refractivity contribution in [3.8, 4) is 0 Å². The maximum Gasteiger partial charge on any atom is 0.168 e. The molecule has 0 aromatic heterocycles. The summed E-state index contributed by atoms with van der Waals surface area (Å²) in [6.07, 6.45) is 2.46. The fourth-order valence-electron chi connectivity index (χ4n) is 2.00. The minimum absolute atomic E-state index is 0.427. The Labute approximate surface area is 85.9 Å². The highest BCUT2D eigenvalue weighted by atomic mass is 79.9. The van der Waals surface area contributed by atoms with Crippen molar-refractivity contribution in [2.45, 2.75) is 37.1 Å². The van der Waals surface area contributed by atoms with Crippen LogP contribution in [0.2, 0.25) is 0 Å². The monoisotopic (exact) mass is 252 g/mol. The van der Waals surface area contributed by atoms with Crippen molar-refractivity contribution in [3.05, 3.63) is 0 Å². The predicted octanol–water partition coefficient (Wildman–Crippen LogP) is 2.41. The Morgan fingerprint density at radius 1 is 1.08 bits per heavy atom. The summed E-state index contributed by atoms with van der Waals surface area (Å²) < 4.78 is 24.8. The molecular weight excluding hydrogens is 239 g/mol. The van der Waals surface area contributed by atoms with Crippen molar-refractivity contribution in [1.29, 1.82) is 0 Å². The Hall–Kier alpha value is 0.330. The average Bonchev–Trinajstić information content (AvgIpc) is 2.61. The van der Waals surface area contributed by atoms with E-state index in [2.05, 4.69) is 15.9 Å². The van der Waals surface area contributed by atoms with Crippen molar-refractivity contribution in [3.63, 3.8) is 0 Å². The number of hydrogen-bond acceptors (Lipinski definition) is 2. The van der Waals surface area contributed by atoms with E-state index in [0.29, 0.717) is 44.2 Å². The first-order chi connectivity index (χ1) is 6.18. The molecule has 0 amide bonds. The Balaban J connectivity index is 1.95. The third-order valence-electron chi connectivity index (χ3n) is 2.96. The van der Waals surface area contributed by atoms with E-state index in [-0.39, 0.29) is 0 Å². The molecular formula is C9H14BrFO2. The lowest BCUT2D eigenvalue weighted by molar-refractivity contribution is -0.191. The lowest BCUT2D eigenvalue weighted by Crippen LogP contribution is -2.42. The van der Waals surface area contributed by atoms with Gasteiger partial charge in [-0.25, -0.2) is 4.39 Å². The highest BCUT2D eigenvalue weighted by molar-refractivity contribution is 9.09. The van der Waals surface area contributed by atoms with Gasteiger partial charge in [-0.3, -0.25) is 0 Å². The maximum absolute atomic E-state index is 13.8. The molecule has 0 aromatic rings. The number of hydrogen-bond donors (Lipinski definition) is 0. The summed E-state index contributed by atoms with van der Waals surface area (Å²) in [4.78, 5) is 0. The summed E-state index contributed by atoms with van der Waals surface area (Å²) in [5, 5.41) is 0.427. The number of alkyl halides is 2. The normalized spacial score (nSPS) is 30.9. The largest absolute Gasteiger partial charge is 0.348 e. The molecule has 0 aromatic carbocycles. The van der Waals surface area contributed by atoms with Gasteiger partial charge in [0.05, 0.1) is 13.2 Å². The van der Waals surface area contributed by atoms with Crippen molar-refractivity contribution in [2.24, 2.45) is 0 Å². The quantitative estimate of drug-likeness (QED) is 0.668. The summed E-state index contributed by atoms with van der Waals surface area (Å²) in [5.41, 5.74) is -1.04. The molecule has 0 atom stereocenters. The molecule has 4 heteroatoms. The van der Waals surface area contributed by atoms with Crippen LogP contribution in [0.15, 0.2) is 0 Å². The van der Waals surface area contributed by atoms with Crippen LogP contribution in [-0.4, -0.2) is 30.0 Å². The van der Waals surface area contributed by atoms with Crippen LogP contribution in [0.25, 0.3) is 0 Å². The van der Waals surface area contributed by atoms with Crippen LogP contribution in [0, 0.1) is 0 Å². The topological polar surface area (TPSA) is 18.5 Å². The zero-order valence-corrected chi connectivity index (χ0v) is 9.11. The van der Waals surface area contributed by atoms with Gasteiger partial charge in [0.15, 0.2) is 5.79 Å². The van der Waals surface area contributed by atoms with Gasteiger partial charge in [-0.2, -0.15) is 0 Å². The maximum atomic E-state index is 13.8. The second-order valence-corrected chi connectivity index (χ2v) is 4.45. The zero-order valence-electron chi connectivity index (χ0n) is 7.52. The van der Waals surface area contributed by atoms with E-state index in [9.17, 15) is 4.39 Å². The summed E-state index contributed by atoms with van der Waals surface area (Å²) in [6.45, 7) is 1.32. The van der Waals surface area contributed by atoms with E-state index in [1.807, 2.05) is 0 Å². The van der Waals surface area contributed by atoms with Crippen molar-refractivity contribution >= 4 is 15.9 Å². The Bertz CT molecular complexity index is 182. The standard InChI is InChI=1S/C9H14BrFO2/c10-7-8(11)1-3-9(4-2-8)12-5-6-13-9/h1-7H2. The Morgan fingerprint density at radius 3 is 2.08 bits per heavy atom. The smallest absolute Gasteiger partial charge is 0.168 e. The van der Waals surface area contributed by atoms with Crippen LogP contribution in [0.4, 0.5) is 4.39 Å². The molecule has 2 nitrogen and oxygen atoms in total. The molecule has 0 unspecified atom stereocenters. The third kappa shape index (κ3) is 1.90. The van der Waals surface area contributed by atoms with E-state index < -0.39 is 11.5 Å². The fraction of sp³-hybridized carbons (Fsp3) is 1.00. The van der Waals surface area contributed by atoms with Gasteiger partial charge in [-0.05, 0) is 12.8 Å². The van der Waals surface area contributed by atoms with E-state index in [4.69, 9.17) is 9.47 Å². The number of halogens is 2. The molecule has 2 rings (SSSR count). The molecule has 1 saturated heterocycles. The fourth-order valence-corrected chi connectivity index (χ4v) is 2.56. The van der Waals surface area contributed by atoms with E-state index in [1.165, 1.54) is 0 Å². The van der Waals surface area contributed by atoms with Gasteiger partial charge in [0.1, 0.15) is 5.67 Å². The summed E-state index contributed by atoms with van der Waals surface area (Å²) in [5.74, 6) is -0.433. The highest BCUT2D eigenvalue weighted by Gasteiger charge is 2.46. The van der Waals surface area contributed by atoms with Gasteiger partial charge in [0, 0.05) is 18.2 Å². The second kappa shape index (κ2) is 3.48. The molecule has 1 heterocycles. The molecule has 2 fully saturated rings. The molecule has 1 aliphatic heterocycles. The lowest BCUT2D eigenvalue weighted by atomic mass is 9.84. The molecule has 0 N–H and O–H groups in total. The molecule has 1 saturated carbocycles. The van der Waals surface area contributed by atoms with Gasteiger partial charge in [0.2, 0.25) is 0 Å². The van der Waals surface area contributed by atoms with Gasteiger partial charge >= 0.3 is 0 Å². The third-order valence-corrected chi connectivity index (χ3v) is 3.97. The van der Waals surface area contributed by atoms with Gasteiger partial charge in [-0.15, -0.1) is 0 Å². The van der Waals surface area contributed by atoms with Gasteiger partial charge in [-0.1, -0.05) is 15.9 Å². The molecule has 1 aliphatic carbocycles. The molecule has 2 aliphatic rings. The Morgan fingerprint density at radius 2 is 1.62 bits per heavy atom. The summed E-state index contributed by atoms with van der Waals surface area (Å²) in [7, 11) is 0. The Kier molecular flexibility index (Phi) is 2.64. The van der Waals surface area contributed by atoms with E-state index >= 15 is 0 Å². The van der Waals surface area contributed by atoms with Crippen molar-refractivity contribution in [1.82, 2.24) is 0 Å². The summed E-state index contributed by atoms with van der Waals surface area (Å²) >= 11 is 3.21. The summed E-state index contributed by atoms with van der Waals surface area (Å²) in [6, 6.07) is 0. The molecule has 13 heavy (non-hydrogen) atoms. The first-order valence-electron chi connectivity index (χ1n) is 4.71. The molecule has 76 valence electrons. The van der Waals surface area contributed by atoms with Crippen molar-refractivity contribution in [2.75, 3.05) is 18.5 Å². The minimum atomic E-state index is -1.04. The lowest BCUT2D eigenvalue weighted by Gasteiger charge is -2.38. The molecule has 0 radical (unpaired) electrons. The first kappa shape index (κ1) is 9.87. The average molecular weight is 253 g/mol. The van der Waals surface area contributed by atoms with Gasteiger partial charge < -0.3 is 9.47 Å². The van der Waals surface area contributed by atoms with Crippen LogP contribution in [-0.2, 0) is 9.47 Å². The SMILES string of the molecule is FC1(CBr)CCC2(CC1)OCCO2. The zero-order chi connectivity index (χ0) is 9.36. The highest BCUT2D eigenvalue weighted by Crippen LogP contribution is 2.42. The predicted molar refractivity (Wildman–Crippen MR) is 50.7 cm³/mol. The second-order valence-electron chi connectivity index (χ2n) is 3.89. The van der Waals surface area contributed by atoms with Crippen LogP contribution in [0.5, 0.6) is 0 Å².